The van der Waals surface area contributed by atoms with Gasteiger partial charge in [0.05, 0.1) is 24.6 Å². The zero-order valence-corrected chi connectivity index (χ0v) is 10.7. The smallest absolute Gasteiger partial charge is 0.125 e. The van der Waals surface area contributed by atoms with Gasteiger partial charge in [0.25, 0.3) is 0 Å². The maximum atomic E-state index is 12.9. The third-order valence-electron chi connectivity index (χ3n) is 3.05. The molecule has 1 atom stereocenters. The van der Waals surface area contributed by atoms with Crippen LogP contribution in [0, 0.1) is 5.82 Å². The van der Waals surface area contributed by atoms with Gasteiger partial charge < -0.3 is 15.8 Å². The second-order valence-electron chi connectivity index (χ2n) is 4.69. The Morgan fingerprint density at radius 1 is 1.44 bits per heavy atom. The monoisotopic (exact) mass is 253 g/mol. The van der Waals surface area contributed by atoms with Crippen molar-refractivity contribution in [2.45, 2.75) is 13.0 Å². The molecule has 1 saturated heterocycles. The van der Waals surface area contributed by atoms with Crippen LogP contribution < -0.4 is 11.1 Å². The average molecular weight is 253 g/mol. The van der Waals surface area contributed by atoms with Gasteiger partial charge in [0.15, 0.2) is 0 Å². The number of ether oxygens (including phenoxy) is 1. The number of anilines is 2. The number of halogens is 1. The third-order valence-corrected chi connectivity index (χ3v) is 3.05. The van der Waals surface area contributed by atoms with Gasteiger partial charge in [0, 0.05) is 25.7 Å². The molecule has 4 nitrogen and oxygen atoms in total. The molecule has 0 amide bonds. The van der Waals surface area contributed by atoms with Crippen molar-refractivity contribution in [2.75, 3.05) is 43.9 Å². The van der Waals surface area contributed by atoms with Gasteiger partial charge in [-0.2, -0.15) is 0 Å². The molecule has 0 radical (unpaired) electrons. The number of nitrogen functional groups attached to an aromatic ring is 1. The first kappa shape index (κ1) is 13.1. The van der Waals surface area contributed by atoms with Crippen LogP contribution in [0.2, 0.25) is 0 Å². The molecule has 1 unspecified atom stereocenters. The van der Waals surface area contributed by atoms with Crippen LogP contribution >= 0.6 is 0 Å². The Morgan fingerprint density at radius 3 is 2.83 bits per heavy atom. The number of hydrogen-bond donors (Lipinski definition) is 2. The average Bonchev–Trinajstić information content (AvgIpc) is 2.34. The summed E-state index contributed by atoms with van der Waals surface area (Å²) in [6.45, 7) is 6.55. The summed E-state index contributed by atoms with van der Waals surface area (Å²) in [6.07, 6.45) is 0. The molecule has 5 heteroatoms. The number of benzene rings is 1. The van der Waals surface area contributed by atoms with Crippen LogP contribution in [-0.2, 0) is 4.74 Å². The SMILES string of the molecule is CC(CN1CCOCC1)Nc1ccc(F)cc1N. The van der Waals surface area contributed by atoms with Crippen molar-refractivity contribution >= 4 is 11.4 Å². The van der Waals surface area contributed by atoms with Crippen LogP contribution in [0.3, 0.4) is 0 Å². The highest BCUT2D eigenvalue weighted by Crippen LogP contribution is 2.20. The molecule has 0 aromatic heterocycles. The quantitative estimate of drug-likeness (QED) is 0.799. The van der Waals surface area contributed by atoms with E-state index in [0.29, 0.717) is 5.69 Å². The van der Waals surface area contributed by atoms with Gasteiger partial charge in [0.1, 0.15) is 5.82 Å². The lowest BCUT2D eigenvalue weighted by Crippen LogP contribution is -2.42. The Bertz CT molecular complexity index is 394. The molecular formula is C13H20FN3O. The minimum atomic E-state index is -0.307. The third kappa shape index (κ3) is 3.58. The molecule has 2 rings (SSSR count). The highest BCUT2D eigenvalue weighted by Gasteiger charge is 2.14. The van der Waals surface area contributed by atoms with E-state index < -0.39 is 0 Å². The minimum Gasteiger partial charge on any atom is -0.397 e. The molecule has 1 aliphatic heterocycles. The van der Waals surface area contributed by atoms with E-state index in [0.717, 1.165) is 38.5 Å². The Labute approximate surface area is 107 Å². The van der Waals surface area contributed by atoms with Gasteiger partial charge in [0.2, 0.25) is 0 Å². The number of hydrogen-bond acceptors (Lipinski definition) is 4. The summed E-state index contributed by atoms with van der Waals surface area (Å²) in [5, 5.41) is 3.31. The van der Waals surface area contributed by atoms with Crippen molar-refractivity contribution in [1.29, 1.82) is 0 Å². The number of nitrogens with one attached hydrogen (secondary N) is 1. The Morgan fingerprint density at radius 2 is 2.17 bits per heavy atom. The van der Waals surface area contributed by atoms with Crippen molar-refractivity contribution in [3.63, 3.8) is 0 Å². The lowest BCUT2D eigenvalue weighted by Gasteiger charge is -2.29. The molecule has 1 aromatic carbocycles. The second kappa shape index (κ2) is 6.02. The van der Waals surface area contributed by atoms with Crippen LogP contribution in [0.1, 0.15) is 6.92 Å². The molecule has 0 saturated carbocycles. The zero-order chi connectivity index (χ0) is 13.0. The van der Waals surface area contributed by atoms with Crippen LogP contribution in [-0.4, -0.2) is 43.8 Å². The van der Waals surface area contributed by atoms with Gasteiger partial charge in [-0.25, -0.2) is 4.39 Å². The number of nitrogens with zero attached hydrogens (tertiary/aromatic N) is 1. The normalized spacial score (nSPS) is 18.6. The molecule has 1 aliphatic rings. The lowest BCUT2D eigenvalue weighted by atomic mass is 10.2. The largest absolute Gasteiger partial charge is 0.397 e. The van der Waals surface area contributed by atoms with Gasteiger partial charge in [-0.05, 0) is 25.1 Å². The topological polar surface area (TPSA) is 50.5 Å². The summed E-state index contributed by atoms with van der Waals surface area (Å²) in [6, 6.07) is 4.69. The first-order valence-corrected chi connectivity index (χ1v) is 6.27. The van der Waals surface area contributed by atoms with Gasteiger partial charge in [-0.15, -0.1) is 0 Å². The summed E-state index contributed by atoms with van der Waals surface area (Å²) in [5.41, 5.74) is 7.00. The van der Waals surface area contributed by atoms with Crippen molar-refractivity contribution in [3.8, 4) is 0 Å². The Hall–Kier alpha value is -1.33. The predicted molar refractivity (Wildman–Crippen MR) is 71.2 cm³/mol. The van der Waals surface area contributed by atoms with E-state index in [-0.39, 0.29) is 11.9 Å². The molecule has 1 heterocycles. The van der Waals surface area contributed by atoms with Crippen molar-refractivity contribution in [1.82, 2.24) is 4.90 Å². The van der Waals surface area contributed by atoms with Gasteiger partial charge >= 0.3 is 0 Å². The standard InChI is InChI=1S/C13H20FN3O/c1-10(9-17-4-6-18-7-5-17)16-13-3-2-11(14)8-12(13)15/h2-3,8,10,16H,4-7,9,15H2,1H3. The lowest BCUT2D eigenvalue weighted by molar-refractivity contribution is 0.0368. The number of morpholine rings is 1. The van der Waals surface area contributed by atoms with Crippen molar-refractivity contribution < 1.29 is 9.13 Å². The van der Waals surface area contributed by atoms with E-state index in [1.54, 1.807) is 6.07 Å². The Kier molecular flexibility index (Phi) is 4.38. The van der Waals surface area contributed by atoms with E-state index in [1.807, 2.05) is 0 Å². The maximum Gasteiger partial charge on any atom is 0.125 e. The molecule has 18 heavy (non-hydrogen) atoms. The maximum absolute atomic E-state index is 12.9. The second-order valence-corrected chi connectivity index (χ2v) is 4.69. The molecule has 0 bridgehead atoms. The zero-order valence-electron chi connectivity index (χ0n) is 10.7. The van der Waals surface area contributed by atoms with Crippen LogP contribution in [0.5, 0.6) is 0 Å². The molecule has 1 fully saturated rings. The van der Waals surface area contributed by atoms with Crippen molar-refractivity contribution in [3.05, 3.63) is 24.0 Å². The fourth-order valence-electron chi connectivity index (χ4n) is 2.15. The highest BCUT2D eigenvalue weighted by molar-refractivity contribution is 5.66. The summed E-state index contributed by atoms with van der Waals surface area (Å²) < 4.78 is 18.2. The number of nitrogens with two attached hydrogens (primary N) is 1. The van der Waals surface area contributed by atoms with E-state index in [9.17, 15) is 4.39 Å². The summed E-state index contributed by atoms with van der Waals surface area (Å²) in [7, 11) is 0. The Balaban J connectivity index is 1.87. The summed E-state index contributed by atoms with van der Waals surface area (Å²) in [4.78, 5) is 2.35. The fourth-order valence-corrected chi connectivity index (χ4v) is 2.15. The van der Waals surface area contributed by atoms with E-state index >= 15 is 0 Å². The molecule has 1 aromatic rings. The summed E-state index contributed by atoms with van der Waals surface area (Å²) >= 11 is 0. The molecule has 3 N–H and O–H groups in total. The van der Waals surface area contributed by atoms with Crippen LogP contribution in [0.25, 0.3) is 0 Å². The van der Waals surface area contributed by atoms with Gasteiger partial charge in [-0.1, -0.05) is 0 Å². The van der Waals surface area contributed by atoms with E-state index in [4.69, 9.17) is 10.5 Å². The summed E-state index contributed by atoms with van der Waals surface area (Å²) in [5.74, 6) is -0.307. The highest BCUT2D eigenvalue weighted by atomic mass is 19.1. The molecule has 0 aliphatic carbocycles. The van der Waals surface area contributed by atoms with Gasteiger partial charge in [-0.3, -0.25) is 4.90 Å². The molecule has 0 spiro atoms. The first-order chi connectivity index (χ1) is 8.65. The van der Waals surface area contributed by atoms with Crippen LogP contribution in [0.4, 0.5) is 15.8 Å². The van der Waals surface area contributed by atoms with Crippen LogP contribution in [0.15, 0.2) is 18.2 Å². The molecular weight excluding hydrogens is 233 g/mol. The fraction of sp³-hybridized carbons (Fsp3) is 0.538. The minimum absolute atomic E-state index is 0.260. The van der Waals surface area contributed by atoms with E-state index in [2.05, 4.69) is 17.1 Å². The molecule has 100 valence electrons. The number of rotatable bonds is 4. The van der Waals surface area contributed by atoms with Crippen molar-refractivity contribution in [2.24, 2.45) is 0 Å². The predicted octanol–water partition coefficient (Wildman–Crippen LogP) is 1.54. The van der Waals surface area contributed by atoms with E-state index in [1.165, 1.54) is 12.1 Å². The first-order valence-electron chi connectivity index (χ1n) is 6.27.